The molecule has 1 saturated heterocycles. The topological polar surface area (TPSA) is 23.5 Å². The van der Waals surface area contributed by atoms with Gasteiger partial charge in [0.15, 0.2) is 0 Å². The number of aliphatic hydroxyl groups is 1. The van der Waals surface area contributed by atoms with Crippen molar-refractivity contribution >= 4 is 0 Å². The van der Waals surface area contributed by atoms with Crippen LogP contribution >= 0.6 is 0 Å². The summed E-state index contributed by atoms with van der Waals surface area (Å²) in [6.07, 6.45) is 6.21. The van der Waals surface area contributed by atoms with Gasteiger partial charge in [-0.1, -0.05) is 44.0 Å². The minimum absolute atomic E-state index is 0.195. The van der Waals surface area contributed by atoms with Gasteiger partial charge in [-0.3, -0.25) is 4.90 Å². The zero-order chi connectivity index (χ0) is 12.8. The number of rotatable bonds is 5. The quantitative estimate of drug-likeness (QED) is 0.864. The van der Waals surface area contributed by atoms with Crippen molar-refractivity contribution in [2.45, 2.75) is 45.1 Å². The Morgan fingerprint density at radius 3 is 2.33 bits per heavy atom. The van der Waals surface area contributed by atoms with Crippen molar-refractivity contribution in [3.8, 4) is 0 Å². The lowest BCUT2D eigenvalue weighted by atomic mass is 10.00. The van der Waals surface area contributed by atoms with Crippen molar-refractivity contribution < 1.29 is 5.11 Å². The molecule has 1 aromatic carbocycles. The number of nitrogens with zero attached hydrogens (tertiary/aromatic N) is 1. The van der Waals surface area contributed by atoms with E-state index in [4.69, 9.17) is 0 Å². The maximum atomic E-state index is 9.66. The molecule has 0 bridgehead atoms. The lowest BCUT2D eigenvalue weighted by Gasteiger charge is -2.33. The van der Waals surface area contributed by atoms with Crippen molar-refractivity contribution in [2.24, 2.45) is 0 Å². The van der Waals surface area contributed by atoms with E-state index in [0.29, 0.717) is 0 Å². The van der Waals surface area contributed by atoms with Crippen LogP contribution in [0.15, 0.2) is 24.3 Å². The fourth-order valence-corrected chi connectivity index (χ4v) is 2.86. The van der Waals surface area contributed by atoms with E-state index in [2.05, 4.69) is 36.1 Å². The van der Waals surface area contributed by atoms with Gasteiger partial charge in [0.25, 0.3) is 0 Å². The van der Waals surface area contributed by atoms with E-state index < -0.39 is 0 Å². The van der Waals surface area contributed by atoms with Gasteiger partial charge in [0.2, 0.25) is 0 Å². The second-order valence-corrected chi connectivity index (χ2v) is 5.29. The van der Waals surface area contributed by atoms with Crippen LogP contribution in [-0.2, 0) is 6.42 Å². The van der Waals surface area contributed by atoms with Crippen LogP contribution in [0.25, 0.3) is 0 Å². The maximum absolute atomic E-state index is 9.66. The molecule has 1 N–H and O–H groups in total. The first-order valence-electron chi connectivity index (χ1n) is 7.29. The number of aliphatic hydroxyl groups excluding tert-OH is 1. The maximum Gasteiger partial charge on any atom is 0.0628 e. The Bertz CT molecular complexity index is 341. The van der Waals surface area contributed by atoms with E-state index in [-0.39, 0.29) is 12.6 Å². The van der Waals surface area contributed by atoms with Crippen LogP contribution in [0.5, 0.6) is 0 Å². The highest BCUT2D eigenvalue weighted by molar-refractivity contribution is 5.25. The number of aryl methyl sites for hydroxylation is 1. The highest BCUT2D eigenvalue weighted by Gasteiger charge is 2.21. The van der Waals surface area contributed by atoms with Gasteiger partial charge in [-0.15, -0.1) is 0 Å². The molecular formula is C16H25NO. The largest absolute Gasteiger partial charge is 0.394 e. The van der Waals surface area contributed by atoms with Crippen molar-refractivity contribution in [3.63, 3.8) is 0 Å². The average molecular weight is 247 g/mol. The first kappa shape index (κ1) is 13.6. The zero-order valence-electron chi connectivity index (χ0n) is 11.4. The predicted octanol–water partition coefficient (Wildman–Crippen LogP) is 3.16. The number of piperidine rings is 1. The zero-order valence-corrected chi connectivity index (χ0v) is 11.4. The van der Waals surface area contributed by atoms with Gasteiger partial charge in [-0.05, 0) is 43.5 Å². The molecule has 1 fully saturated rings. The van der Waals surface area contributed by atoms with Crippen LogP contribution in [-0.4, -0.2) is 29.7 Å². The van der Waals surface area contributed by atoms with E-state index in [1.54, 1.807) is 0 Å². The van der Waals surface area contributed by atoms with Crippen LogP contribution < -0.4 is 0 Å². The minimum atomic E-state index is 0.195. The van der Waals surface area contributed by atoms with E-state index in [0.717, 1.165) is 19.5 Å². The smallest absolute Gasteiger partial charge is 0.0628 e. The van der Waals surface area contributed by atoms with Crippen molar-refractivity contribution in [1.29, 1.82) is 0 Å². The summed E-state index contributed by atoms with van der Waals surface area (Å²) in [6, 6.07) is 9.01. The summed E-state index contributed by atoms with van der Waals surface area (Å²) in [6.45, 7) is 4.69. The van der Waals surface area contributed by atoms with Gasteiger partial charge in [0.05, 0.1) is 12.6 Å². The third kappa shape index (κ3) is 3.33. The molecule has 0 spiro atoms. The third-order valence-corrected chi connectivity index (χ3v) is 3.91. The summed E-state index contributed by atoms with van der Waals surface area (Å²) in [5, 5.41) is 9.66. The van der Waals surface area contributed by atoms with Gasteiger partial charge in [-0.25, -0.2) is 0 Å². The summed E-state index contributed by atoms with van der Waals surface area (Å²) >= 11 is 0. The standard InChI is InChI=1S/C16H25NO/c1-2-6-14-7-9-15(10-8-14)16(13-18)17-11-4-3-5-12-17/h7-10,16,18H,2-6,11-13H2,1H3. The van der Waals surface area contributed by atoms with Gasteiger partial charge < -0.3 is 5.11 Å². The summed E-state index contributed by atoms with van der Waals surface area (Å²) < 4.78 is 0. The Labute approximate surface area is 111 Å². The lowest BCUT2D eigenvalue weighted by Crippen LogP contribution is -2.35. The van der Waals surface area contributed by atoms with Crippen molar-refractivity contribution in [1.82, 2.24) is 4.90 Å². The Balaban J connectivity index is 2.06. The molecule has 18 heavy (non-hydrogen) atoms. The third-order valence-electron chi connectivity index (χ3n) is 3.91. The van der Waals surface area contributed by atoms with Gasteiger partial charge in [0, 0.05) is 0 Å². The second-order valence-electron chi connectivity index (χ2n) is 5.29. The number of hydrogen-bond donors (Lipinski definition) is 1. The molecule has 1 heterocycles. The highest BCUT2D eigenvalue weighted by Crippen LogP contribution is 2.24. The van der Waals surface area contributed by atoms with Crippen LogP contribution in [0.1, 0.15) is 49.8 Å². The normalized spacial score (nSPS) is 18.8. The van der Waals surface area contributed by atoms with Crippen LogP contribution in [0.3, 0.4) is 0 Å². The van der Waals surface area contributed by atoms with Crippen LogP contribution in [0.4, 0.5) is 0 Å². The monoisotopic (exact) mass is 247 g/mol. The van der Waals surface area contributed by atoms with E-state index in [1.807, 2.05) is 0 Å². The van der Waals surface area contributed by atoms with Crippen molar-refractivity contribution in [3.05, 3.63) is 35.4 Å². The minimum Gasteiger partial charge on any atom is -0.394 e. The molecule has 2 nitrogen and oxygen atoms in total. The molecule has 0 aliphatic carbocycles. The molecule has 1 atom stereocenters. The molecule has 0 aromatic heterocycles. The molecule has 2 rings (SSSR count). The van der Waals surface area contributed by atoms with E-state index >= 15 is 0 Å². The molecule has 100 valence electrons. The first-order valence-corrected chi connectivity index (χ1v) is 7.29. The summed E-state index contributed by atoms with van der Waals surface area (Å²) in [5.74, 6) is 0. The van der Waals surface area contributed by atoms with E-state index in [9.17, 15) is 5.11 Å². The molecule has 1 aromatic rings. The number of hydrogen-bond acceptors (Lipinski definition) is 2. The van der Waals surface area contributed by atoms with Crippen molar-refractivity contribution in [2.75, 3.05) is 19.7 Å². The van der Waals surface area contributed by atoms with Crippen LogP contribution in [0.2, 0.25) is 0 Å². The SMILES string of the molecule is CCCc1ccc(C(CO)N2CCCCC2)cc1. The Kier molecular flexibility index (Phi) is 5.21. The number of benzene rings is 1. The Morgan fingerprint density at radius 2 is 1.78 bits per heavy atom. The highest BCUT2D eigenvalue weighted by atomic mass is 16.3. The Morgan fingerprint density at radius 1 is 1.11 bits per heavy atom. The molecule has 0 saturated carbocycles. The van der Waals surface area contributed by atoms with Crippen LogP contribution in [0, 0.1) is 0 Å². The fourth-order valence-electron chi connectivity index (χ4n) is 2.86. The summed E-state index contributed by atoms with van der Waals surface area (Å²) in [7, 11) is 0. The molecule has 2 heteroatoms. The first-order chi connectivity index (χ1) is 8.85. The van der Waals surface area contributed by atoms with Gasteiger partial charge >= 0.3 is 0 Å². The number of likely N-dealkylation sites (tertiary alicyclic amines) is 1. The van der Waals surface area contributed by atoms with Gasteiger partial charge in [0.1, 0.15) is 0 Å². The molecule has 0 radical (unpaired) electrons. The molecule has 1 aliphatic heterocycles. The predicted molar refractivity (Wildman–Crippen MR) is 75.7 cm³/mol. The molecule has 1 unspecified atom stereocenters. The summed E-state index contributed by atoms with van der Waals surface area (Å²) in [4.78, 5) is 2.43. The second kappa shape index (κ2) is 6.91. The average Bonchev–Trinajstić information content (AvgIpc) is 2.43. The molecule has 1 aliphatic rings. The Hall–Kier alpha value is -0.860. The fraction of sp³-hybridized carbons (Fsp3) is 0.625. The summed E-state index contributed by atoms with van der Waals surface area (Å²) in [5.41, 5.74) is 2.66. The van der Waals surface area contributed by atoms with E-state index in [1.165, 1.54) is 36.8 Å². The molecule has 0 amide bonds. The lowest BCUT2D eigenvalue weighted by molar-refractivity contribution is 0.104. The molecular weight excluding hydrogens is 222 g/mol. The van der Waals surface area contributed by atoms with Gasteiger partial charge in [-0.2, -0.15) is 0 Å².